The van der Waals surface area contributed by atoms with Crippen molar-refractivity contribution in [3.05, 3.63) is 99.2 Å². The summed E-state index contributed by atoms with van der Waals surface area (Å²) in [6.45, 7) is 0.661. The van der Waals surface area contributed by atoms with Gasteiger partial charge in [0.25, 0.3) is 11.5 Å². The summed E-state index contributed by atoms with van der Waals surface area (Å²) < 4.78 is 7.92. The predicted molar refractivity (Wildman–Crippen MR) is 126 cm³/mol. The molecule has 0 radical (unpaired) electrons. The summed E-state index contributed by atoms with van der Waals surface area (Å²) in [5.41, 5.74) is 0.788. The van der Waals surface area contributed by atoms with Gasteiger partial charge < -0.3 is 15.4 Å². The number of H-pyrrole nitrogens is 1. The number of methoxy groups -OCH3 is 1. The Morgan fingerprint density at radius 3 is 2.53 bits per heavy atom. The molecule has 0 atom stereocenters. The van der Waals surface area contributed by atoms with Crippen LogP contribution in [0.25, 0.3) is 5.69 Å². The lowest BCUT2D eigenvalue weighted by atomic mass is 10.2. The molecule has 2 heterocycles. The molecule has 0 aliphatic carbocycles. The fraction of sp³-hybridized carbons (Fsp3) is 0.174. The van der Waals surface area contributed by atoms with Gasteiger partial charge in [0.05, 0.1) is 18.8 Å². The van der Waals surface area contributed by atoms with Crippen LogP contribution in [0, 0.1) is 0 Å². The van der Waals surface area contributed by atoms with Gasteiger partial charge in [0, 0.05) is 19.2 Å². The van der Waals surface area contributed by atoms with E-state index in [1.165, 1.54) is 18.0 Å². The van der Waals surface area contributed by atoms with Crippen LogP contribution in [0.3, 0.4) is 0 Å². The van der Waals surface area contributed by atoms with Crippen molar-refractivity contribution in [2.75, 3.05) is 24.4 Å². The van der Waals surface area contributed by atoms with Gasteiger partial charge in [-0.15, -0.1) is 0 Å². The SMILES string of the molecule is COCCn1c(NC(=O)c2ccc(-n3cncn3)cc2)c(NCc2ccccc2)c(=O)[nH]c1=O. The number of aromatic amines is 1. The highest BCUT2D eigenvalue weighted by atomic mass is 16.5. The molecule has 0 fully saturated rings. The zero-order chi connectivity index (χ0) is 23.9. The molecule has 0 saturated carbocycles. The van der Waals surface area contributed by atoms with E-state index in [1.807, 2.05) is 30.3 Å². The number of nitrogens with one attached hydrogen (secondary N) is 3. The molecule has 0 aliphatic heterocycles. The summed E-state index contributed by atoms with van der Waals surface area (Å²) >= 11 is 0. The Balaban J connectivity index is 1.65. The quantitative estimate of drug-likeness (QED) is 0.345. The van der Waals surface area contributed by atoms with Crippen LogP contribution < -0.4 is 21.9 Å². The second kappa shape index (κ2) is 10.4. The Labute approximate surface area is 194 Å². The molecular formula is C23H23N7O4. The third-order valence-electron chi connectivity index (χ3n) is 5.08. The molecule has 11 nitrogen and oxygen atoms in total. The summed E-state index contributed by atoms with van der Waals surface area (Å²) in [6.07, 6.45) is 2.96. The van der Waals surface area contributed by atoms with Gasteiger partial charge in [0.1, 0.15) is 24.2 Å². The summed E-state index contributed by atoms with van der Waals surface area (Å²) in [5, 5.41) is 9.83. The van der Waals surface area contributed by atoms with E-state index in [4.69, 9.17) is 4.74 Å². The van der Waals surface area contributed by atoms with Crippen LogP contribution in [0.4, 0.5) is 11.5 Å². The lowest BCUT2D eigenvalue weighted by Gasteiger charge is -2.18. The molecule has 2 aromatic heterocycles. The van der Waals surface area contributed by atoms with Crippen LogP contribution >= 0.6 is 0 Å². The zero-order valence-corrected chi connectivity index (χ0v) is 18.4. The van der Waals surface area contributed by atoms with Crippen LogP contribution in [0.15, 0.2) is 76.8 Å². The number of hydrogen-bond acceptors (Lipinski definition) is 7. The first kappa shape index (κ1) is 22.7. The molecule has 0 spiro atoms. The number of carbonyl (C=O) groups is 1. The number of carbonyl (C=O) groups excluding carboxylic acids is 1. The zero-order valence-electron chi connectivity index (χ0n) is 18.4. The number of hydrogen-bond donors (Lipinski definition) is 3. The maximum atomic E-state index is 13.1. The third-order valence-corrected chi connectivity index (χ3v) is 5.08. The van der Waals surface area contributed by atoms with Gasteiger partial charge >= 0.3 is 5.69 Å². The molecule has 34 heavy (non-hydrogen) atoms. The molecule has 3 N–H and O–H groups in total. The predicted octanol–water partition coefficient (Wildman–Crippen LogP) is 1.63. The first-order valence-corrected chi connectivity index (χ1v) is 10.5. The van der Waals surface area contributed by atoms with E-state index in [0.717, 1.165) is 11.3 Å². The molecule has 4 aromatic rings. The van der Waals surface area contributed by atoms with Crippen molar-refractivity contribution in [3.8, 4) is 5.69 Å². The minimum Gasteiger partial charge on any atom is -0.383 e. The van der Waals surface area contributed by atoms with Crippen LogP contribution in [-0.2, 0) is 17.8 Å². The van der Waals surface area contributed by atoms with Crippen LogP contribution in [-0.4, -0.2) is 43.9 Å². The lowest BCUT2D eigenvalue weighted by Crippen LogP contribution is -2.36. The molecule has 0 bridgehead atoms. The average Bonchev–Trinajstić information content (AvgIpc) is 3.39. The van der Waals surface area contributed by atoms with E-state index in [-0.39, 0.29) is 24.7 Å². The number of nitrogens with zero attached hydrogens (tertiary/aromatic N) is 4. The maximum Gasteiger partial charge on any atom is 0.330 e. The second-order valence-corrected chi connectivity index (χ2v) is 7.31. The smallest absolute Gasteiger partial charge is 0.330 e. The highest BCUT2D eigenvalue weighted by molar-refractivity contribution is 6.05. The van der Waals surface area contributed by atoms with Gasteiger partial charge in [-0.2, -0.15) is 5.10 Å². The highest BCUT2D eigenvalue weighted by Gasteiger charge is 2.18. The van der Waals surface area contributed by atoms with Crippen LogP contribution in [0.5, 0.6) is 0 Å². The fourth-order valence-corrected chi connectivity index (χ4v) is 3.33. The number of amides is 1. The minimum absolute atomic E-state index is 0.0621. The Bertz CT molecular complexity index is 1360. The average molecular weight is 461 g/mol. The van der Waals surface area contributed by atoms with Crippen molar-refractivity contribution in [2.45, 2.75) is 13.1 Å². The second-order valence-electron chi connectivity index (χ2n) is 7.31. The van der Waals surface area contributed by atoms with Gasteiger partial charge in [-0.05, 0) is 29.8 Å². The topological polar surface area (TPSA) is 136 Å². The van der Waals surface area contributed by atoms with Crippen LogP contribution in [0.2, 0.25) is 0 Å². The Morgan fingerprint density at radius 2 is 1.85 bits per heavy atom. The normalized spacial score (nSPS) is 10.7. The van der Waals surface area contributed by atoms with Crippen molar-refractivity contribution in [1.29, 1.82) is 0 Å². The van der Waals surface area contributed by atoms with Gasteiger partial charge in [-0.1, -0.05) is 30.3 Å². The molecular weight excluding hydrogens is 438 g/mol. The highest BCUT2D eigenvalue weighted by Crippen LogP contribution is 2.18. The summed E-state index contributed by atoms with van der Waals surface area (Å²) in [7, 11) is 1.50. The molecule has 0 aliphatic rings. The largest absolute Gasteiger partial charge is 0.383 e. The molecule has 0 unspecified atom stereocenters. The maximum absolute atomic E-state index is 13.1. The van der Waals surface area contributed by atoms with E-state index in [2.05, 4.69) is 25.7 Å². The molecule has 0 saturated heterocycles. The Hall–Kier alpha value is -4.51. The molecule has 4 rings (SSSR count). The first-order chi connectivity index (χ1) is 16.6. The summed E-state index contributed by atoms with van der Waals surface area (Å²) in [6, 6.07) is 16.1. The number of anilines is 2. The summed E-state index contributed by atoms with van der Waals surface area (Å²) in [4.78, 5) is 44.5. The van der Waals surface area contributed by atoms with Gasteiger partial charge in [-0.3, -0.25) is 19.1 Å². The third kappa shape index (κ3) is 5.10. The monoisotopic (exact) mass is 461 g/mol. The van der Waals surface area contributed by atoms with Crippen molar-refractivity contribution in [2.24, 2.45) is 0 Å². The molecule has 1 amide bonds. The Kier molecular flexibility index (Phi) is 6.94. The van der Waals surface area contributed by atoms with E-state index in [9.17, 15) is 14.4 Å². The molecule has 2 aromatic carbocycles. The van der Waals surface area contributed by atoms with Gasteiger partial charge in [0.2, 0.25) is 0 Å². The summed E-state index contributed by atoms with van der Waals surface area (Å²) in [5.74, 6) is -0.420. The molecule has 174 valence electrons. The van der Waals surface area contributed by atoms with E-state index < -0.39 is 17.2 Å². The van der Waals surface area contributed by atoms with Crippen molar-refractivity contribution in [1.82, 2.24) is 24.3 Å². The number of ether oxygens (including phenoxy) is 1. The fourth-order valence-electron chi connectivity index (χ4n) is 3.33. The number of aromatic nitrogens is 5. The Morgan fingerprint density at radius 1 is 1.09 bits per heavy atom. The molecule has 11 heteroatoms. The van der Waals surface area contributed by atoms with Crippen molar-refractivity contribution >= 4 is 17.4 Å². The van der Waals surface area contributed by atoms with E-state index >= 15 is 0 Å². The van der Waals surface area contributed by atoms with E-state index in [1.54, 1.807) is 35.3 Å². The minimum atomic E-state index is -0.649. The van der Waals surface area contributed by atoms with Gasteiger partial charge in [-0.25, -0.2) is 14.5 Å². The van der Waals surface area contributed by atoms with Crippen molar-refractivity contribution < 1.29 is 9.53 Å². The van der Waals surface area contributed by atoms with Gasteiger partial charge in [0.15, 0.2) is 0 Å². The van der Waals surface area contributed by atoms with Crippen LogP contribution in [0.1, 0.15) is 15.9 Å². The first-order valence-electron chi connectivity index (χ1n) is 10.5. The van der Waals surface area contributed by atoms with Crippen molar-refractivity contribution in [3.63, 3.8) is 0 Å². The lowest BCUT2D eigenvalue weighted by molar-refractivity contribution is 0.102. The number of rotatable bonds is 9. The van der Waals surface area contributed by atoms with E-state index in [0.29, 0.717) is 12.1 Å². The number of benzene rings is 2. The standard InChI is InChI=1S/C23H23N7O4/c1-34-12-11-29-20(19(22(32)28-23(29)33)25-13-16-5-3-2-4-6-16)27-21(31)17-7-9-18(10-8-17)30-15-24-14-26-30/h2-10,14-15,25H,11-13H2,1H3,(H,27,31)(H,28,32,33).